The number of carbonyl (C=O) groups excluding carboxylic acids is 2. The SMILES string of the molecule is CCC1(c2ccc3c(c2)C=C2CCCCC2(C)N3)CCC(=O)NC1=O. The molecular formula is C21H26N2O2. The smallest absolute Gasteiger partial charge is 0.237 e. The Hall–Kier alpha value is -2.10. The highest BCUT2D eigenvalue weighted by atomic mass is 16.2. The Balaban J connectivity index is 1.75. The number of anilines is 1. The summed E-state index contributed by atoms with van der Waals surface area (Å²) in [6.45, 7) is 4.33. The molecule has 2 atom stereocenters. The summed E-state index contributed by atoms with van der Waals surface area (Å²) in [6, 6.07) is 6.33. The molecule has 4 rings (SSSR count). The van der Waals surface area contributed by atoms with E-state index in [-0.39, 0.29) is 17.4 Å². The predicted molar refractivity (Wildman–Crippen MR) is 99.3 cm³/mol. The second kappa shape index (κ2) is 5.72. The van der Waals surface area contributed by atoms with Crippen LogP contribution in [-0.2, 0) is 15.0 Å². The van der Waals surface area contributed by atoms with Crippen molar-refractivity contribution in [2.75, 3.05) is 5.32 Å². The lowest BCUT2D eigenvalue weighted by Gasteiger charge is -2.42. The molecule has 1 aliphatic carbocycles. The second-order valence-electron chi connectivity index (χ2n) is 7.95. The molecule has 132 valence electrons. The van der Waals surface area contributed by atoms with E-state index in [0.29, 0.717) is 19.3 Å². The maximum Gasteiger partial charge on any atom is 0.237 e. The Kier molecular flexibility index (Phi) is 3.75. The van der Waals surface area contributed by atoms with Crippen LogP contribution in [0.25, 0.3) is 6.08 Å². The molecular weight excluding hydrogens is 312 g/mol. The van der Waals surface area contributed by atoms with Gasteiger partial charge in [0.2, 0.25) is 11.8 Å². The fourth-order valence-corrected chi connectivity index (χ4v) is 4.75. The first-order valence-corrected chi connectivity index (χ1v) is 9.45. The summed E-state index contributed by atoms with van der Waals surface area (Å²) >= 11 is 0. The molecule has 0 spiro atoms. The summed E-state index contributed by atoms with van der Waals surface area (Å²) in [6.07, 6.45) is 8.85. The number of benzene rings is 1. The van der Waals surface area contributed by atoms with E-state index in [1.807, 2.05) is 6.92 Å². The van der Waals surface area contributed by atoms with E-state index in [9.17, 15) is 9.59 Å². The number of fused-ring (bicyclic) bond motifs is 2. The van der Waals surface area contributed by atoms with E-state index < -0.39 is 5.41 Å². The zero-order chi connectivity index (χ0) is 17.7. The molecule has 2 N–H and O–H groups in total. The molecule has 0 bridgehead atoms. The zero-order valence-electron chi connectivity index (χ0n) is 15.1. The minimum absolute atomic E-state index is 0.0733. The van der Waals surface area contributed by atoms with Gasteiger partial charge in [-0.05, 0) is 67.9 Å². The first-order valence-electron chi connectivity index (χ1n) is 9.45. The molecule has 3 aliphatic rings. The number of imide groups is 1. The van der Waals surface area contributed by atoms with Crippen molar-refractivity contribution in [2.45, 2.75) is 69.7 Å². The van der Waals surface area contributed by atoms with Crippen molar-refractivity contribution in [3.63, 3.8) is 0 Å². The molecule has 0 radical (unpaired) electrons. The van der Waals surface area contributed by atoms with Gasteiger partial charge in [0.15, 0.2) is 0 Å². The van der Waals surface area contributed by atoms with E-state index in [4.69, 9.17) is 0 Å². The summed E-state index contributed by atoms with van der Waals surface area (Å²) in [5, 5.41) is 6.27. The zero-order valence-corrected chi connectivity index (χ0v) is 15.1. The van der Waals surface area contributed by atoms with Crippen molar-refractivity contribution in [1.29, 1.82) is 0 Å². The van der Waals surface area contributed by atoms with E-state index >= 15 is 0 Å². The van der Waals surface area contributed by atoms with Gasteiger partial charge in [0.05, 0.1) is 11.0 Å². The third-order valence-electron chi connectivity index (χ3n) is 6.50. The molecule has 2 aliphatic heterocycles. The number of carbonyl (C=O) groups is 2. The maximum atomic E-state index is 12.6. The van der Waals surface area contributed by atoms with Crippen LogP contribution >= 0.6 is 0 Å². The molecule has 4 nitrogen and oxygen atoms in total. The van der Waals surface area contributed by atoms with Gasteiger partial charge in [0.1, 0.15) is 0 Å². The third kappa shape index (κ3) is 2.50. The molecule has 1 saturated heterocycles. The number of rotatable bonds is 2. The van der Waals surface area contributed by atoms with Crippen LogP contribution in [0.4, 0.5) is 5.69 Å². The number of hydrogen-bond acceptors (Lipinski definition) is 3. The Bertz CT molecular complexity index is 782. The molecule has 2 amide bonds. The first kappa shape index (κ1) is 16.4. The van der Waals surface area contributed by atoms with Crippen LogP contribution in [0.5, 0.6) is 0 Å². The van der Waals surface area contributed by atoms with Crippen LogP contribution in [0, 0.1) is 0 Å². The summed E-state index contributed by atoms with van der Waals surface area (Å²) in [5.41, 5.74) is 4.30. The average molecular weight is 338 g/mol. The lowest BCUT2D eigenvalue weighted by atomic mass is 9.70. The topological polar surface area (TPSA) is 58.2 Å². The van der Waals surface area contributed by atoms with Crippen molar-refractivity contribution in [3.05, 3.63) is 34.9 Å². The van der Waals surface area contributed by atoms with Gasteiger partial charge in [-0.1, -0.05) is 25.5 Å². The van der Waals surface area contributed by atoms with Gasteiger partial charge >= 0.3 is 0 Å². The lowest BCUT2D eigenvalue weighted by Crippen LogP contribution is -2.51. The molecule has 2 heterocycles. The van der Waals surface area contributed by atoms with Crippen molar-refractivity contribution < 1.29 is 9.59 Å². The van der Waals surface area contributed by atoms with Gasteiger partial charge in [0, 0.05) is 12.1 Å². The van der Waals surface area contributed by atoms with Crippen LogP contribution in [0.2, 0.25) is 0 Å². The van der Waals surface area contributed by atoms with Crippen LogP contribution in [0.15, 0.2) is 23.8 Å². The first-order chi connectivity index (χ1) is 12.0. The monoisotopic (exact) mass is 338 g/mol. The Labute approximate surface area is 149 Å². The summed E-state index contributed by atoms with van der Waals surface area (Å²) < 4.78 is 0. The quantitative estimate of drug-likeness (QED) is 0.804. The summed E-state index contributed by atoms with van der Waals surface area (Å²) in [4.78, 5) is 24.2. The van der Waals surface area contributed by atoms with Crippen LogP contribution in [0.1, 0.15) is 69.9 Å². The van der Waals surface area contributed by atoms with Crippen LogP contribution < -0.4 is 10.6 Å². The number of hydrogen-bond donors (Lipinski definition) is 2. The van der Waals surface area contributed by atoms with Crippen molar-refractivity contribution in [2.24, 2.45) is 0 Å². The predicted octanol–water partition coefficient (Wildman–Crippen LogP) is 3.91. The van der Waals surface area contributed by atoms with Crippen LogP contribution in [0.3, 0.4) is 0 Å². The molecule has 25 heavy (non-hydrogen) atoms. The minimum Gasteiger partial charge on any atom is -0.376 e. The molecule has 2 unspecified atom stereocenters. The van der Waals surface area contributed by atoms with E-state index in [2.05, 4.69) is 41.8 Å². The second-order valence-corrected chi connectivity index (χ2v) is 7.95. The van der Waals surface area contributed by atoms with E-state index in [1.165, 1.54) is 30.4 Å². The maximum absolute atomic E-state index is 12.6. The molecule has 0 aromatic heterocycles. The van der Waals surface area contributed by atoms with Gasteiger partial charge in [-0.25, -0.2) is 0 Å². The molecule has 1 saturated carbocycles. The Morgan fingerprint density at radius 3 is 2.72 bits per heavy atom. The fraction of sp³-hybridized carbons (Fsp3) is 0.524. The molecule has 1 aromatic carbocycles. The van der Waals surface area contributed by atoms with Crippen molar-refractivity contribution in [1.82, 2.24) is 5.32 Å². The average Bonchev–Trinajstić information content (AvgIpc) is 2.60. The van der Waals surface area contributed by atoms with Gasteiger partial charge in [-0.3, -0.25) is 14.9 Å². The molecule has 2 fully saturated rings. The largest absolute Gasteiger partial charge is 0.376 e. The highest BCUT2D eigenvalue weighted by Gasteiger charge is 2.43. The summed E-state index contributed by atoms with van der Waals surface area (Å²) in [7, 11) is 0. The van der Waals surface area contributed by atoms with Crippen molar-refractivity contribution in [3.8, 4) is 0 Å². The molecule has 4 heteroatoms. The van der Waals surface area contributed by atoms with Gasteiger partial charge in [-0.2, -0.15) is 0 Å². The fourth-order valence-electron chi connectivity index (χ4n) is 4.75. The van der Waals surface area contributed by atoms with Crippen molar-refractivity contribution >= 4 is 23.6 Å². The van der Waals surface area contributed by atoms with Gasteiger partial charge < -0.3 is 5.32 Å². The highest BCUT2D eigenvalue weighted by Crippen LogP contribution is 2.44. The summed E-state index contributed by atoms with van der Waals surface area (Å²) in [5.74, 6) is -0.307. The van der Waals surface area contributed by atoms with E-state index in [1.54, 1.807) is 0 Å². The third-order valence-corrected chi connectivity index (χ3v) is 6.50. The standard InChI is InChI=1S/C21H26N2O2/c1-3-21(11-9-18(24)22-19(21)25)16-7-8-17-14(13-16)12-15-6-4-5-10-20(15,2)23-17/h7-8,12-13,23H,3-6,9-11H2,1-2H3,(H,22,24,25). The van der Waals surface area contributed by atoms with Crippen LogP contribution in [-0.4, -0.2) is 17.4 Å². The number of nitrogens with one attached hydrogen (secondary N) is 2. The minimum atomic E-state index is -0.589. The number of amides is 2. The van der Waals surface area contributed by atoms with Gasteiger partial charge in [-0.15, -0.1) is 0 Å². The lowest BCUT2D eigenvalue weighted by molar-refractivity contribution is -0.138. The highest BCUT2D eigenvalue weighted by molar-refractivity contribution is 6.03. The molecule has 1 aromatic rings. The normalized spacial score (nSPS) is 31.4. The number of piperidine rings is 1. The Morgan fingerprint density at radius 2 is 1.96 bits per heavy atom. The van der Waals surface area contributed by atoms with E-state index in [0.717, 1.165) is 17.7 Å². The van der Waals surface area contributed by atoms with Gasteiger partial charge in [0.25, 0.3) is 0 Å². The Morgan fingerprint density at radius 1 is 1.12 bits per heavy atom.